The quantitative estimate of drug-likeness (QED) is 0.779. The van der Waals surface area contributed by atoms with E-state index in [1.165, 1.54) is 0 Å². The number of nitrogens with zero attached hydrogens (tertiary/aromatic N) is 5. The van der Waals surface area contributed by atoms with Crippen LogP contribution < -0.4 is 0 Å². The maximum absolute atomic E-state index is 13.0. The Kier molecular flexibility index (Phi) is 3.78. The molecule has 1 aliphatic rings. The van der Waals surface area contributed by atoms with Crippen molar-refractivity contribution in [2.45, 2.75) is 39.7 Å². The molecule has 1 saturated heterocycles. The minimum atomic E-state index is 0.0289. The Hall–Kier alpha value is -2.70. The second-order valence-electron chi connectivity index (χ2n) is 6.86. The van der Waals surface area contributed by atoms with E-state index >= 15 is 0 Å². The largest absolute Gasteiger partial charge is 0.336 e. The van der Waals surface area contributed by atoms with Crippen LogP contribution in [0, 0.1) is 20.8 Å². The molecule has 0 aromatic carbocycles. The minimum Gasteiger partial charge on any atom is -0.336 e. The van der Waals surface area contributed by atoms with Gasteiger partial charge in [-0.05, 0) is 45.7 Å². The number of hydrogen-bond donors (Lipinski definition) is 1. The summed E-state index contributed by atoms with van der Waals surface area (Å²) in [6.45, 7) is 7.47. The molecule has 0 radical (unpaired) electrons. The summed E-state index contributed by atoms with van der Waals surface area (Å²) in [5.41, 5.74) is 4.36. The zero-order chi connectivity index (χ0) is 17.6. The van der Waals surface area contributed by atoms with Crippen molar-refractivity contribution in [1.82, 2.24) is 29.9 Å². The highest BCUT2D eigenvalue weighted by molar-refractivity contribution is 5.97. The molecule has 0 saturated carbocycles. The number of aryl methyl sites for hydroxylation is 3. The third-order valence-electron chi connectivity index (χ3n) is 4.92. The number of piperidine rings is 1. The first-order chi connectivity index (χ1) is 12.0. The van der Waals surface area contributed by atoms with E-state index in [2.05, 4.69) is 38.0 Å². The summed E-state index contributed by atoms with van der Waals surface area (Å²) in [6.07, 6.45) is 3.65. The smallest absolute Gasteiger partial charge is 0.255 e. The predicted octanol–water partition coefficient (Wildman–Crippen LogP) is 2.56. The Labute approximate surface area is 146 Å². The third-order valence-corrected chi connectivity index (χ3v) is 4.92. The van der Waals surface area contributed by atoms with Crippen LogP contribution in [0.25, 0.3) is 11.0 Å². The molecule has 0 spiro atoms. The molecule has 1 fully saturated rings. The van der Waals surface area contributed by atoms with E-state index in [4.69, 9.17) is 0 Å². The van der Waals surface area contributed by atoms with Crippen LogP contribution in [-0.2, 0) is 0 Å². The second-order valence-corrected chi connectivity index (χ2v) is 6.86. The van der Waals surface area contributed by atoms with E-state index in [1.54, 1.807) is 6.20 Å². The summed E-state index contributed by atoms with van der Waals surface area (Å²) >= 11 is 0. The lowest BCUT2D eigenvalue weighted by Crippen LogP contribution is -2.41. The number of amides is 1. The van der Waals surface area contributed by atoms with Crippen molar-refractivity contribution in [2.75, 3.05) is 13.1 Å². The van der Waals surface area contributed by atoms with Crippen LogP contribution in [0.15, 0.2) is 18.3 Å². The average molecular weight is 338 g/mol. The summed E-state index contributed by atoms with van der Waals surface area (Å²) in [6, 6.07) is 4.20. The number of aromatic nitrogens is 5. The maximum atomic E-state index is 13.0. The summed E-state index contributed by atoms with van der Waals surface area (Å²) in [5.74, 6) is 0.0289. The fourth-order valence-electron chi connectivity index (χ4n) is 3.67. The number of carbonyl (C=O) groups is 1. The first kappa shape index (κ1) is 15.8. The van der Waals surface area contributed by atoms with Crippen molar-refractivity contribution in [3.05, 3.63) is 41.0 Å². The highest BCUT2D eigenvalue weighted by Crippen LogP contribution is 2.25. The average Bonchev–Trinajstić information content (AvgIpc) is 3.16. The molecule has 1 atom stereocenters. The van der Waals surface area contributed by atoms with Gasteiger partial charge in [0.15, 0.2) is 5.65 Å². The monoisotopic (exact) mass is 338 g/mol. The van der Waals surface area contributed by atoms with Gasteiger partial charge in [0.2, 0.25) is 0 Å². The third kappa shape index (κ3) is 2.79. The van der Waals surface area contributed by atoms with Crippen molar-refractivity contribution in [1.29, 1.82) is 0 Å². The van der Waals surface area contributed by atoms with Gasteiger partial charge in [0, 0.05) is 36.1 Å². The number of hydrogen-bond acceptors (Lipinski definition) is 4. The zero-order valence-electron chi connectivity index (χ0n) is 14.8. The van der Waals surface area contributed by atoms with Gasteiger partial charge in [-0.1, -0.05) is 0 Å². The van der Waals surface area contributed by atoms with Crippen LogP contribution in [0.1, 0.15) is 46.3 Å². The number of fused-ring (bicyclic) bond motifs is 1. The topological polar surface area (TPSA) is 79.7 Å². The Morgan fingerprint density at radius 3 is 2.88 bits per heavy atom. The lowest BCUT2D eigenvalue weighted by atomic mass is 10.0. The van der Waals surface area contributed by atoms with Crippen molar-refractivity contribution >= 4 is 16.9 Å². The lowest BCUT2D eigenvalue weighted by Gasteiger charge is -2.33. The SMILES string of the molecule is Cc1cc(C)n([C@@H]2CCCN(C(=O)c3cnc4n[nH]c(C)c4c3)C2)n1. The van der Waals surface area contributed by atoms with E-state index in [0.29, 0.717) is 17.8 Å². The van der Waals surface area contributed by atoms with Crippen molar-refractivity contribution in [3.63, 3.8) is 0 Å². The molecule has 130 valence electrons. The van der Waals surface area contributed by atoms with Gasteiger partial charge >= 0.3 is 0 Å². The van der Waals surface area contributed by atoms with Crippen LogP contribution in [0.2, 0.25) is 0 Å². The van der Waals surface area contributed by atoms with Crippen LogP contribution in [0.4, 0.5) is 0 Å². The molecule has 1 N–H and O–H groups in total. The first-order valence-electron chi connectivity index (χ1n) is 8.65. The van der Waals surface area contributed by atoms with Crippen LogP contribution in [0.5, 0.6) is 0 Å². The molecular weight excluding hydrogens is 316 g/mol. The van der Waals surface area contributed by atoms with Crippen molar-refractivity contribution in [2.24, 2.45) is 0 Å². The van der Waals surface area contributed by atoms with E-state index in [9.17, 15) is 4.79 Å². The van der Waals surface area contributed by atoms with Crippen LogP contribution in [-0.4, -0.2) is 48.9 Å². The van der Waals surface area contributed by atoms with Crippen LogP contribution in [0.3, 0.4) is 0 Å². The van der Waals surface area contributed by atoms with E-state index in [0.717, 1.165) is 41.9 Å². The van der Waals surface area contributed by atoms with Gasteiger partial charge in [-0.15, -0.1) is 0 Å². The fraction of sp³-hybridized carbons (Fsp3) is 0.444. The molecule has 0 aliphatic carbocycles. The molecule has 25 heavy (non-hydrogen) atoms. The highest BCUT2D eigenvalue weighted by atomic mass is 16.2. The van der Waals surface area contributed by atoms with Gasteiger partial charge in [0.05, 0.1) is 17.3 Å². The number of nitrogens with one attached hydrogen (secondary N) is 1. The van der Waals surface area contributed by atoms with Gasteiger partial charge in [-0.25, -0.2) is 4.98 Å². The summed E-state index contributed by atoms with van der Waals surface area (Å²) in [5, 5.41) is 12.5. The van der Waals surface area contributed by atoms with Gasteiger partial charge in [-0.2, -0.15) is 10.2 Å². The molecule has 0 bridgehead atoms. The number of rotatable bonds is 2. The molecule has 3 aromatic rings. The number of pyridine rings is 1. The Balaban J connectivity index is 1.58. The number of H-pyrrole nitrogens is 1. The van der Waals surface area contributed by atoms with E-state index < -0.39 is 0 Å². The van der Waals surface area contributed by atoms with Gasteiger partial charge in [0.1, 0.15) is 0 Å². The minimum absolute atomic E-state index is 0.0289. The first-order valence-corrected chi connectivity index (χ1v) is 8.65. The van der Waals surface area contributed by atoms with Gasteiger partial charge < -0.3 is 4.90 Å². The van der Waals surface area contributed by atoms with Crippen LogP contribution >= 0.6 is 0 Å². The van der Waals surface area contributed by atoms with Gasteiger partial charge in [0.25, 0.3) is 5.91 Å². The standard InChI is InChI=1S/C18H22N6O/c1-11-7-12(2)24(22-11)15-5-4-6-23(10-15)18(25)14-8-16-13(3)20-21-17(16)19-9-14/h7-9,15H,4-6,10H2,1-3H3,(H,19,20,21)/t15-/m1/s1. The number of likely N-dealkylation sites (tertiary alicyclic amines) is 1. The zero-order valence-corrected chi connectivity index (χ0v) is 14.8. The summed E-state index contributed by atoms with van der Waals surface area (Å²) in [7, 11) is 0. The maximum Gasteiger partial charge on any atom is 0.255 e. The molecule has 4 rings (SSSR count). The lowest BCUT2D eigenvalue weighted by molar-refractivity contribution is 0.0671. The van der Waals surface area contributed by atoms with Crippen molar-refractivity contribution < 1.29 is 4.79 Å². The van der Waals surface area contributed by atoms with Crippen molar-refractivity contribution in [3.8, 4) is 0 Å². The second kappa shape index (κ2) is 5.98. The number of carbonyl (C=O) groups excluding carboxylic acids is 1. The summed E-state index contributed by atoms with van der Waals surface area (Å²) < 4.78 is 2.07. The fourth-order valence-corrected chi connectivity index (χ4v) is 3.67. The molecular formula is C18H22N6O. The molecule has 0 unspecified atom stereocenters. The summed E-state index contributed by atoms with van der Waals surface area (Å²) in [4.78, 5) is 19.2. The molecule has 7 heteroatoms. The molecule has 7 nitrogen and oxygen atoms in total. The molecule has 1 amide bonds. The normalized spacial score (nSPS) is 18.0. The molecule has 3 aromatic heterocycles. The van der Waals surface area contributed by atoms with Gasteiger partial charge in [-0.3, -0.25) is 14.6 Å². The molecule has 4 heterocycles. The van der Waals surface area contributed by atoms with E-state index in [-0.39, 0.29) is 11.9 Å². The predicted molar refractivity (Wildman–Crippen MR) is 94.5 cm³/mol. The molecule has 1 aliphatic heterocycles. The Morgan fingerprint density at radius 1 is 1.28 bits per heavy atom. The highest BCUT2D eigenvalue weighted by Gasteiger charge is 2.27. The Bertz CT molecular complexity index is 940. The van der Waals surface area contributed by atoms with E-state index in [1.807, 2.05) is 24.8 Å². The Morgan fingerprint density at radius 2 is 2.12 bits per heavy atom. The number of aromatic amines is 1.